The number of nitrogens with one attached hydrogen (secondary N) is 2. The van der Waals surface area contributed by atoms with Gasteiger partial charge in [-0.1, -0.05) is 19.1 Å². The maximum atomic E-state index is 12.2. The Balaban J connectivity index is 2.03. The van der Waals surface area contributed by atoms with Gasteiger partial charge in [-0.05, 0) is 62.2 Å². The first-order chi connectivity index (χ1) is 11.0. The predicted molar refractivity (Wildman–Crippen MR) is 92.8 cm³/mol. The molecule has 0 bridgehead atoms. The minimum Gasteiger partial charge on any atom is -0.350 e. The summed E-state index contributed by atoms with van der Waals surface area (Å²) in [6.45, 7) is 5.90. The van der Waals surface area contributed by atoms with E-state index in [9.17, 15) is 9.59 Å². The number of rotatable bonds is 5. The van der Waals surface area contributed by atoms with E-state index in [0.29, 0.717) is 11.1 Å². The van der Waals surface area contributed by atoms with Gasteiger partial charge in [0.15, 0.2) is 0 Å². The molecule has 0 saturated carbocycles. The molecule has 2 N–H and O–H groups in total. The summed E-state index contributed by atoms with van der Waals surface area (Å²) in [5, 5.41) is 5.67. The molecule has 0 aliphatic heterocycles. The summed E-state index contributed by atoms with van der Waals surface area (Å²) in [4.78, 5) is 24.1. The molecule has 2 aromatic rings. The van der Waals surface area contributed by atoms with Crippen LogP contribution in [0.15, 0.2) is 48.5 Å². The fourth-order valence-electron chi connectivity index (χ4n) is 2.15. The van der Waals surface area contributed by atoms with Crippen LogP contribution in [0.5, 0.6) is 0 Å². The Kier molecular flexibility index (Phi) is 5.52. The van der Waals surface area contributed by atoms with Gasteiger partial charge in [0.1, 0.15) is 0 Å². The zero-order valence-corrected chi connectivity index (χ0v) is 13.7. The van der Waals surface area contributed by atoms with E-state index < -0.39 is 0 Å². The van der Waals surface area contributed by atoms with Gasteiger partial charge in [-0.3, -0.25) is 9.59 Å². The van der Waals surface area contributed by atoms with Gasteiger partial charge in [-0.15, -0.1) is 0 Å². The van der Waals surface area contributed by atoms with Gasteiger partial charge in [0, 0.05) is 22.9 Å². The average Bonchev–Trinajstić information content (AvgIpc) is 2.55. The predicted octanol–water partition coefficient (Wildman–Crippen LogP) is 3.64. The van der Waals surface area contributed by atoms with E-state index in [-0.39, 0.29) is 17.9 Å². The number of hydrogen-bond acceptors (Lipinski definition) is 2. The monoisotopic (exact) mass is 310 g/mol. The van der Waals surface area contributed by atoms with Crippen LogP contribution in [-0.2, 0) is 6.42 Å². The lowest BCUT2D eigenvalue weighted by molar-refractivity contribution is 0.0941. The van der Waals surface area contributed by atoms with E-state index in [1.54, 1.807) is 24.3 Å². The lowest BCUT2D eigenvalue weighted by atomic mass is 10.1. The second-order valence-electron chi connectivity index (χ2n) is 5.71. The van der Waals surface area contributed by atoms with Crippen molar-refractivity contribution in [2.75, 3.05) is 5.32 Å². The number of amides is 2. The topological polar surface area (TPSA) is 58.2 Å². The van der Waals surface area contributed by atoms with Gasteiger partial charge in [0.25, 0.3) is 11.8 Å². The smallest absolute Gasteiger partial charge is 0.255 e. The van der Waals surface area contributed by atoms with E-state index >= 15 is 0 Å². The molecule has 4 heteroatoms. The first kappa shape index (κ1) is 16.7. The van der Waals surface area contributed by atoms with Crippen molar-refractivity contribution in [3.63, 3.8) is 0 Å². The second-order valence-corrected chi connectivity index (χ2v) is 5.71. The third-order valence-corrected chi connectivity index (χ3v) is 3.45. The number of carbonyl (C=O) groups is 2. The molecule has 4 nitrogen and oxygen atoms in total. The molecule has 0 aliphatic rings. The second kappa shape index (κ2) is 7.58. The summed E-state index contributed by atoms with van der Waals surface area (Å²) in [6.07, 6.45) is 0.966. The van der Waals surface area contributed by atoms with Crippen LogP contribution in [0.1, 0.15) is 47.1 Å². The Bertz CT molecular complexity index is 674. The number of hydrogen-bond donors (Lipinski definition) is 2. The first-order valence-electron chi connectivity index (χ1n) is 7.81. The summed E-state index contributed by atoms with van der Waals surface area (Å²) in [5.74, 6) is -0.327. The van der Waals surface area contributed by atoms with Crippen molar-refractivity contribution in [2.45, 2.75) is 33.2 Å². The van der Waals surface area contributed by atoms with Gasteiger partial charge >= 0.3 is 0 Å². The Labute approximate surface area is 136 Å². The zero-order chi connectivity index (χ0) is 16.8. The number of carbonyl (C=O) groups excluding carboxylic acids is 2. The number of aryl methyl sites for hydroxylation is 1. The van der Waals surface area contributed by atoms with Crippen LogP contribution in [0.25, 0.3) is 0 Å². The lowest BCUT2D eigenvalue weighted by Crippen LogP contribution is -2.30. The molecule has 0 saturated heterocycles. The van der Waals surface area contributed by atoms with Crippen molar-refractivity contribution in [1.29, 1.82) is 0 Å². The molecule has 0 aromatic heterocycles. The highest BCUT2D eigenvalue weighted by molar-refractivity contribution is 6.05. The minimum absolute atomic E-state index is 0.0802. The summed E-state index contributed by atoms with van der Waals surface area (Å²) in [7, 11) is 0. The van der Waals surface area contributed by atoms with E-state index in [1.165, 1.54) is 5.56 Å². The highest BCUT2D eigenvalue weighted by Gasteiger charge is 2.10. The quantitative estimate of drug-likeness (QED) is 0.886. The largest absolute Gasteiger partial charge is 0.350 e. The summed E-state index contributed by atoms with van der Waals surface area (Å²) < 4.78 is 0. The van der Waals surface area contributed by atoms with E-state index in [0.717, 1.165) is 12.1 Å². The van der Waals surface area contributed by atoms with Crippen molar-refractivity contribution in [1.82, 2.24) is 5.32 Å². The molecule has 2 amide bonds. The third-order valence-electron chi connectivity index (χ3n) is 3.45. The zero-order valence-electron chi connectivity index (χ0n) is 13.7. The van der Waals surface area contributed by atoms with Crippen LogP contribution >= 0.6 is 0 Å². The highest BCUT2D eigenvalue weighted by atomic mass is 16.2. The van der Waals surface area contributed by atoms with Crippen molar-refractivity contribution < 1.29 is 9.59 Å². The molecule has 0 spiro atoms. The molecule has 2 aromatic carbocycles. The summed E-state index contributed by atoms with van der Waals surface area (Å²) in [5.41, 5.74) is 3.05. The maximum absolute atomic E-state index is 12.2. The van der Waals surface area contributed by atoms with Crippen LogP contribution in [0.4, 0.5) is 5.69 Å². The van der Waals surface area contributed by atoms with Crippen LogP contribution < -0.4 is 10.6 Å². The Morgan fingerprint density at radius 1 is 0.870 bits per heavy atom. The van der Waals surface area contributed by atoms with Crippen molar-refractivity contribution in [2.24, 2.45) is 0 Å². The molecule has 0 radical (unpaired) electrons. The van der Waals surface area contributed by atoms with Gasteiger partial charge in [-0.25, -0.2) is 0 Å². The molecular formula is C19H22N2O2. The van der Waals surface area contributed by atoms with Crippen molar-refractivity contribution in [3.05, 3.63) is 65.2 Å². The first-order valence-corrected chi connectivity index (χ1v) is 7.81. The standard InChI is InChI=1S/C19H22N2O2/c1-4-14-5-11-17(12-6-14)21-19(23)16-9-7-15(8-10-16)18(22)20-13(2)3/h5-13H,4H2,1-3H3,(H,20,22)(H,21,23). The molecule has 0 atom stereocenters. The van der Waals surface area contributed by atoms with Crippen LogP contribution in [0.2, 0.25) is 0 Å². The highest BCUT2D eigenvalue weighted by Crippen LogP contribution is 2.12. The molecule has 2 rings (SSSR count). The number of anilines is 1. The molecule has 23 heavy (non-hydrogen) atoms. The molecular weight excluding hydrogens is 288 g/mol. The minimum atomic E-state index is -0.190. The van der Waals surface area contributed by atoms with Gasteiger partial charge in [-0.2, -0.15) is 0 Å². The summed E-state index contributed by atoms with van der Waals surface area (Å²) >= 11 is 0. The molecule has 120 valence electrons. The molecule has 0 aliphatic carbocycles. The van der Waals surface area contributed by atoms with Crippen LogP contribution in [0, 0.1) is 0 Å². The Morgan fingerprint density at radius 3 is 1.87 bits per heavy atom. The summed E-state index contributed by atoms with van der Waals surface area (Å²) in [6, 6.07) is 14.5. The number of benzene rings is 2. The fourth-order valence-corrected chi connectivity index (χ4v) is 2.15. The lowest BCUT2D eigenvalue weighted by Gasteiger charge is -2.09. The Hall–Kier alpha value is -2.62. The van der Waals surface area contributed by atoms with Crippen molar-refractivity contribution in [3.8, 4) is 0 Å². The van der Waals surface area contributed by atoms with Crippen molar-refractivity contribution >= 4 is 17.5 Å². The molecule has 0 heterocycles. The molecule has 0 unspecified atom stereocenters. The van der Waals surface area contributed by atoms with Gasteiger partial charge in [0.2, 0.25) is 0 Å². The average molecular weight is 310 g/mol. The van der Waals surface area contributed by atoms with E-state index in [2.05, 4.69) is 17.6 Å². The SMILES string of the molecule is CCc1ccc(NC(=O)c2ccc(C(=O)NC(C)C)cc2)cc1. The van der Waals surface area contributed by atoms with Crippen LogP contribution in [0.3, 0.4) is 0 Å². The molecule has 0 fully saturated rings. The maximum Gasteiger partial charge on any atom is 0.255 e. The van der Waals surface area contributed by atoms with Gasteiger partial charge in [0.05, 0.1) is 0 Å². The third kappa shape index (κ3) is 4.68. The Morgan fingerprint density at radius 2 is 1.39 bits per heavy atom. The van der Waals surface area contributed by atoms with E-state index in [1.807, 2.05) is 38.1 Å². The van der Waals surface area contributed by atoms with E-state index in [4.69, 9.17) is 0 Å². The van der Waals surface area contributed by atoms with Crippen LogP contribution in [-0.4, -0.2) is 17.9 Å². The van der Waals surface area contributed by atoms with Gasteiger partial charge < -0.3 is 10.6 Å². The normalized spacial score (nSPS) is 10.4. The fraction of sp³-hybridized carbons (Fsp3) is 0.263.